The van der Waals surface area contributed by atoms with Gasteiger partial charge in [0.1, 0.15) is 0 Å². The summed E-state index contributed by atoms with van der Waals surface area (Å²) < 4.78 is 4.63. The zero-order chi connectivity index (χ0) is 17.1. The number of aliphatic hydroxyl groups is 2. The highest BCUT2D eigenvalue weighted by atomic mass is 16.5. The predicted molar refractivity (Wildman–Crippen MR) is 81.8 cm³/mol. The normalized spacial score (nSPS) is 9.91. The molecule has 0 fully saturated rings. The van der Waals surface area contributed by atoms with E-state index in [1.807, 2.05) is 0 Å². The van der Waals surface area contributed by atoms with E-state index in [-0.39, 0.29) is 26.1 Å². The Bertz CT molecular complexity index is 232. The molecule has 7 heteroatoms. The number of ether oxygens (including phenoxy) is 1. The van der Waals surface area contributed by atoms with Crippen molar-refractivity contribution >= 4 is 11.9 Å². The molecule has 0 atom stereocenters. The van der Waals surface area contributed by atoms with Crippen LogP contribution >= 0.6 is 0 Å². The number of hydrogen-bond acceptors (Lipinski definition) is 5. The lowest BCUT2D eigenvalue weighted by Gasteiger charge is -1.99. The highest BCUT2D eigenvalue weighted by Crippen LogP contribution is 2.09. The van der Waals surface area contributed by atoms with E-state index < -0.39 is 11.9 Å². The summed E-state index contributed by atoms with van der Waals surface area (Å²) in [5.74, 6) is -1.45. The topological polar surface area (TPSA) is 124 Å². The second kappa shape index (κ2) is 19.8. The second-order valence-electron chi connectivity index (χ2n) is 4.82. The molecule has 0 saturated heterocycles. The number of hydrogen-bond donors (Lipinski definition) is 4. The molecule has 0 aromatic carbocycles. The number of carbonyl (C=O) groups is 2. The van der Waals surface area contributed by atoms with E-state index in [4.69, 9.17) is 20.4 Å². The van der Waals surface area contributed by atoms with Gasteiger partial charge in [-0.05, 0) is 12.8 Å². The van der Waals surface area contributed by atoms with E-state index in [1.54, 1.807) is 0 Å². The van der Waals surface area contributed by atoms with Gasteiger partial charge in [0.05, 0.1) is 26.4 Å². The molecule has 0 aromatic heterocycles. The Morgan fingerprint density at radius 3 is 1.23 bits per heavy atom. The third kappa shape index (κ3) is 27.2. The van der Waals surface area contributed by atoms with Crippen molar-refractivity contribution in [2.75, 3.05) is 26.4 Å². The van der Waals surface area contributed by atoms with Crippen LogP contribution in [0.25, 0.3) is 0 Å². The minimum absolute atomic E-state index is 0.0278. The fourth-order valence-corrected chi connectivity index (χ4v) is 1.67. The summed E-state index contributed by atoms with van der Waals surface area (Å²) in [4.78, 5) is 20.4. The Balaban J connectivity index is 0. The van der Waals surface area contributed by atoms with Gasteiger partial charge in [0.2, 0.25) is 0 Å². The van der Waals surface area contributed by atoms with Gasteiger partial charge in [-0.15, -0.1) is 0 Å². The molecule has 0 saturated carbocycles. The van der Waals surface area contributed by atoms with Gasteiger partial charge in [0.15, 0.2) is 0 Å². The van der Waals surface area contributed by atoms with Crippen LogP contribution in [-0.4, -0.2) is 58.8 Å². The van der Waals surface area contributed by atoms with E-state index in [9.17, 15) is 9.59 Å². The van der Waals surface area contributed by atoms with Crippen LogP contribution in [-0.2, 0) is 14.3 Å². The Kier molecular flexibility index (Phi) is 20.8. The van der Waals surface area contributed by atoms with Crippen molar-refractivity contribution in [1.29, 1.82) is 0 Å². The SMILES string of the molecule is O=C(O)CCCCCCCCCC(=O)O.OCCOCCO. The quantitative estimate of drug-likeness (QED) is 0.358. The first kappa shape index (κ1) is 23.1. The van der Waals surface area contributed by atoms with Crippen molar-refractivity contribution in [2.24, 2.45) is 0 Å². The van der Waals surface area contributed by atoms with Gasteiger partial charge in [-0.3, -0.25) is 9.59 Å². The lowest BCUT2D eigenvalue weighted by Crippen LogP contribution is -2.03. The van der Waals surface area contributed by atoms with Crippen LogP contribution < -0.4 is 0 Å². The molecule has 0 heterocycles. The van der Waals surface area contributed by atoms with Crippen molar-refractivity contribution in [3.8, 4) is 0 Å². The van der Waals surface area contributed by atoms with Crippen LogP contribution in [0, 0.1) is 0 Å². The van der Waals surface area contributed by atoms with E-state index in [0.29, 0.717) is 13.2 Å². The molecule has 0 rings (SSSR count). The summed E-state index contributed by atoms with van der Waals surface area (Å²) in [6.45, 7) is 0.696. The van der Waals surface area contributed by atoms with Gasteiger partial charge in [-0.1, -0.05) is 32.1 Å². The van der Waals surface area contributed by atoms with Crippen molar-refractivity contribution in [3.63, 3.8) is 0 Å². The molecule has 4 N–H and O–H groups in total. The van der Waals surface area contributed by atoms with Crippen LogP contribution in [0.3, 0.4) is 0 Å². The summed E-state index contributed by atoms with van der Waals surface area (Å²) in [5.41, 5.74) is 0. The molecule has 0 unspecified atom stereocenters. The largest absolute Gasteiger partial charge is 0.481 e. The monoisotopic (exact) mass is 322 g/mol. The first-order chi connectivity index (χ1) is 10.5. The fraction of sp³-hybridized carbons (Fsp3) is 0.867. The fourth-order valence-electron chi connectivity index (χ4n) is 1.67. The second-order valence-corrected chi connectivity index (χ2v) is 4.82. The lowest BCUT2D eigenvalue weighted by atomic mass is 10.1. The molecule has 0 spiro atoms. The Hall–Kier alpha value is -1.18. The van der Waals surface area contributed by atoms with Gasteiger partial charge in [-0.25, -0.2) is 0 Å². The summed E-state index contributed by atoms with van der Waals surface area (Å²) in [6, 6.07) is 0. The Morgan fingerprint density at radius 2 is 0.955 bits per heavy atom. The minimum Gasteiger partial charge on any atom is -0.481 e. The maximum Gasteiger partial charge on any atom is 0.303 e. The maximum atomic E-state index is 10.2. The van der Waals surface area contributed by atoms with Crippen LogP contribution in [0.4, 0.5) is 0 Å². The number of rotatable bonds is 14. The molecule has 0 aliphatic rings. The Labute approximate surface area is 131 Å². The van der Waals surface area contributed by atoms with Crippen LogP contribution in [0.1, 0.15) is 57.8 Å². The van der Waals surface area contributed by atoms with Crippen molar-refractivity contribution in [2.45, 2.75) is 57.8 Å². The molecule has 0 aliphatic heterocycles. The maximum absolute atomic E-state index is 10.2. The lowest BCUT2D eigenvalue weighted by molar-refractivity contribution is -0.138. The molecule has 7 nitrogen and oxygen atoms in total. The van der Waals surface area contributed by atoms with Crippen molar-refractivity contribution in [1.82, 2.24) is 0 Å². The highest BCUT2D eigenvalue weighted by molar-refractivity contribution is 5.66. The first-order valence-corrected chi connectivity index (χ1v) is 7.77. The molecular weight excluding hydrogens is 292 g/mol. The third-order valence-corrected chi connectivity index (χ3v) is 2.75. The summed E-state index contributed by atoms with van der Waals surface area (Å²) in [6.07, 6.45) is 7.16. The van der Waals surface area contributed by atoms with Gasteiger partial charge in [0.25, 0.3) is 0 Å². The Morgan fingerprint density at radius 1 is 0.636 bits per heavy atom. The van der Waals surface area contributed by atoms with E-state index in [0.717, 1.165) is 44.9 Å². The zero-order valence-electron chi connectivity index (χ0n) is 13.2. The summed E-state index contributed by atoms with van der Waals surface area (Å²) in [7, 11) is 0. The molecule has 0 radical (unpaired) electrons. The average molecular weight is 322 g/mol. The first-order valence-electron chi connectivity index (χ1n) is 7.77. The van der Waals surface area contributed by atoms with E-state index in [2.05, 4.69) is 4.74 Å². The molecule has 22 heavy (non-hydrogen) atoms. The molecule has 0 amide bonds. The smallest absolute Gasteiger partial charge is 0.303 e. The van der Waals surface area contributed by atoms with Crippen molar-refractivity contribution in [3.05, 3.63) is 0 Å². The predicted octanol–water partition coefficient (Wildman–Crippen LogP) is 1.65. The highest BCUT2D eigenvalue weighted by Gasteiger charge is 1.98. The van der Waals surface area contributed by atoms with Crippen LogP contribution in [0.5, 0.6) is 0 Å². The van der Waals surface area contributed by atoms with Gasteiger partial charge in [-0.2, -0.15) is 0 Å². The third-order valence-electron chi connectivity index (χ3n) is 2.75. The number of aliphatic carboxylic acids is 2. The van der Waals surface area contributed by atoms with Crippen LogP contribution in [0.15, 0.2) is 0 Å². The van der Waals surface area contributed by atoms with E-state index >= 15 is 0 Å². The van der Waals surface area contributed by atoms with Gasteiger partial charge < -0.3 is 25.2 Å². The molecule has 132 valence electrons. The van der Waals surface area contributed by atoms with Gasteiger partial charge >= 0.3 is 11.9 Å². The molecule has 0 bridgehead atoms. The number of aliphatic hydroxyl groups excluding tert-OH is 2. The molecular formula is C15H30O7. The minimum atomic E-state index is -0.726. The molecule has 0 aromatic rings. The number of unbranched alkanes of at least 4 members (excludes halogenated alkanes) is 6. The standard InChI is InChI=1S/C11H20O4.C4H10O3/c12-10(13)8-6-4-2-1-3-5-7-9-11(14)15;5-1-3-7-4-2-6/h1-9H2,(H,12,13)(H,14,15);5-6H,1-4H2. The summed E-state index contributed by atoms with van der Waals surface area (Å²) in [5, 5.41) is 32.9. The summed E-state index contributed by atoms with van der Waals surface area (Å²) >= 11 is 0. The number of carboxylic acids is 2. The van der Waals surface area contributed by atoms with Gasteiger partial charge in [0, 0.05) is 12.8 Å². The number of carboxylic acid groups (broad SMARTS) is 2. The zero-order valence-corrected chi connectivity index (χ0v) is 13.2. The van der Waals surface area contributed by atoms with E-state index in [1.165, 1.54) is 0 Å². The molecule has 0 aliphatic carbocycles. The van der Waals surface area contributed by atoms with Crippen molar-refractivity contribution < 1.29 is 34.8 Å². The van der Waals surface area contributed by atoms with Crippen LogP contribution in [0.2, 0.25) is 0 Å². The average Bonchev–Trinajstić information content (AvgIpc) is 2.46.